The van der Waals surface area contributed by atoms with Gasteiger partial charge in [-0.05, 0) is 30.7 Å². The fraction of sp³-hybridized carbons (Fsp3) is 0.125. The van der Waals surface area contributed by atoms with E-state index in [1.807, 2.05) is 37.3 Å². The molecule has 0 radical (unpaired) electrons. The molecule has 3 aromatic rings. The Labute approximate surface area is 126 Å². The first kappa shape index (κ1) is 13.6. The van der Waals surface area contributed by atoms with Gasteiger partial charge in [0.25, 0.3) is 5.91 Å². The number of para-hydroxylation sites is 2. The minimum absolute atomic E-state index is 0.324. The SMILES string of the molecule is Cc1cccc(C(N)=O)c1OCc1nc2ccccc2s1. The second kappa shape index (κ2) is 5.54. The zero-order valence-corrected chi connectivity index (χ0v) is 12.3. The summed E-state index contributed by atoms with van der Waals surface area (Å²) in [5.41, 5.74) is 7.62. The molecule has 0 bridgehead atoms. The zero-order chi connectivity index (χ0) is 14.8. The fourth-order valence-corrected chi connectivity index (χ4v) is 3.03. The lowest BCUT2D eigenvalue weighted by Crippen LogP contribution is -2.13. The standard InChI is InChI=1S/C16H14N2O2S/c1-10-5-4-6-11(16(17)19)15(10)20-9-14-18-12-7-2-3-8-13(12)21-14/h2-8H,9H2,1H3,(H2,17,19). The first-order valence-electron chi connectivity index (χ1n) is 6.52. The molecule has 0 aliphatic carbocycles. The van der Waals surface area contributed by atoms with Crippen LogP contribution in [0.2, 0.25) is 0 Å². The molecule has 106 valence electrons. The van der Waals surface area contributed by atoms with E-state index >= 15 is 0 Å². The fourth-order valence-electron chi connectivity index (χ4n) is 2.15. The van der Waals surface area contributed by atoms with Crippen molar-refractivity contribution < 1.29 is 9.53 Å². The van der Waals surface area contributed by atoms with Gasteiger partial charge in [0, 0.05) is 0 Å². The third-order valence-corrected chi connectivity index (χ3v) is 4.17. The molecule has 0 aliphatic rings. The summed E-state index contributed by atoms with van der Waals surface area (Å²) in [5.74, 6) is 0.0438. The Morgan fingerprint density at radius 1 is 1.24 bits per heavy atom. The Kier molecular flexibility index (Phi) is 3.58. The molecule has 0 spiro atoms. The van der Waals surface area contributed by atoms with Crippen molar-refractivity contribution in [3.8, 4) is 5.75 Å². The average Bonchev–Trinajstić information content (AvgIpc) is 2.88. The maximum Gasteiger partial charge on any atom is 0.252 e. The van der Waals surface area contributed by atoms with E-state index < -0.39 is 5.91 Å². The largest absolute Gasteiger partial charge is 0.485 e. The molecule has 4 nitrogen and oxygen atoms in total. The van der Waals surface area contributed by atoms with Crippen LogP contribution in [0.25, 0.3) is 10.2 Å². The summed E-state index contributed by atoms with van der Waals surface area (Å²) in [6.07, 6.45) is 0. The summed E-state index contributed by atoms with van der Waals surface area (Å²) in [7, 11) is 0. The van der Waals surface area contributed by atoms with Gasteiger partial charge in [-0.3, -0.25) is 4.79 Å². The summed E-state index contributed by atoms with van der Waals surface area (Å²) in [5, 5.41) is 0.870. The van der Waals surface area contributed by atoms with Crippen LogP contribution in [0.1, 0.15) is 20.9 Å². The molecule has 1 amide bonds. The number of carbonyl (C=O) groups is 1. The second-order valence-electron chi connectivity index (χ2n) is 4.68. The lowest BCUT2D eigenvalue weighted by atomic mass is 10.1. The number of nitrogens with two attached hydrogens (primary N) is 1. The highest BCUT2D eigenvalue weighted by molar-refractivity contribution is 7.18. The summed E-state index contributed by atoms with van der Waals surface area (Å²) >= 11 is 1.58. The van der Waals surface area contributed by atoms with Gasteiger partial charge >= 0.3 is 0 Å². The van der Waals surface area contributed by atoms with Crippen molar-refractivity contribution in [2.75, 3.05) is 0 Å². The van der Waals surface area contributed by atoms with E-state index in [-0.39, 0.29) is 0 Å². The summed E-state index contributed by atoms with van der Waals surface area (Å²) in [4.78, 5) is 16.0. The highest BCUT2D eigenvalue weighted by Crippen LogP contribution is 2.26. The van der Waals surface area contributed by atoms with Gasteiger partial charge in [0.05, 0.1) is 15.8 Å². The molecule has 2 aromatic carbocycles. The van der Waals surface area contributed by atoms with Gasteiger partial charge in [0.1, 0.15) is 17.4 Å². The van der Waals surface area contributed by atoms with Crippen LogP contribution in [0.15, 0.2) is 42.5 Å². The Balaban J connectivity index is 1.86. The van der Waals surface area contributed by atoms with Gasteiger partial charge in [0.2, 0.25) is 0 Å². The average molecular weight is 298 g/mol. The highest BCUT2D eigenvalue weighted by atomic mass is 32.1. The molecule has 0 saturated heterocycles. The van der Waals surface area contributed by atoms with Crippen molar-refractivity contribution in [3.05, 3.63) is 58.6 Å². The maximum absolute atomic E-state index is 11.5. The number of hydrogen-bond acceptors (Lipinski definition) is 4. The third kappa shape index (κ3) is 2.73. The molecular weight excluding hydrogens is 284 g/mol. The Bertz CT molecular complexity index is 778. The smallest absolute Gasteiger partial charge is 0.252 e. The zero-order valence-electron chi connectivity index (χ0n) is 11.5. The van der Waals surface area contributed by atoms with Crippen LogP contribution in [0.5, 0.6) is 5.75 Å². The number of primary amides is 1. The van der Waals surface area contributed by atoms with Gasteiger partial charge in [0.15, 0.2) is 0 Å². The van der Waals surface area contributed by atoms with Crippen LogP contribution < -0.4 is 10.5 Å². The van der Waals surface area contributed by atoms with E-state index in [4.69, 9.17) is 10.5 Å². The Morgan fingerprint density at radius 2 is 2.05 bits per heavy atom. The molecule has 0 aliphatic heterocycles. The van der Waals surface area contributed by atoms with E-state index in [2.05, 4.69) is 4.98 Å². The minimum atomic E-state index is -0.488. The number of carbonyl (C=O) groups excluding carboxylic acids is 1. The predicted molar refractivity (Wildman–Crippen MR) is 83.6 cm³/mol. The van der Waals surface area contributed by atoms with Crippen molar-refractivity contribution in [1.29, 1.82) is 0 Å². The van der Waals surface area contributed by atoms with E-state index in [9.17, 15) is 4.79 Å². The van der Waals surface area contributed by atoms with Crippen molar-refractivity contribution >= 4 is 27.5 Å². The van der Waals surface area contributed by atoms with Crippen LogP contribution in [-0.2, 0) is 6.61 Å². The summed E-state index contributed by atoms with van der Waals surface area (Å²) < 4.78 is 6.91. The van der Waals surface area contributed by atoms with Gasteiger partial charge in [-0.25, -0.2) is 4.98 Å². The number of benzene rings is 2. The molecule has 3 rings (SSSR count). The van der Waals surface area contributed by atoms with Crippen molar-refractivity contribution in [1.82, 2.24) is 4.98 Å². The first-order valence-corrected chi connectivity index (χ1v) is 7.33. The van der Waals surface area contributed by atoms with E-state index in [0.29, 0.717) is 17.9 Å². The number of ether oxygens (including phenoxy) is 1. The molecule has 1 heterocycles. The lowest BCUT2D eigenvalue weighted by Gasteiger charge is -2.11. The van der Waals surface area contributed by atoms with Crippen LogP contribution in [-0.4, -0.2) is 10.9 Å². The first-order chi connectivity index (χ1) is 10.1. The number of hydrogen-bond donors (Lipinski definition) is 1. The Morgan fingerprint density at radius 3 is 2.81 bits per heavy atom. The summed E-state index contributed by atoms with van der Waals surface area (Å²) in [6.45, 7) is 2.21. The van der Waals surface area contributed by atoms with Crippen molar-refractivity contribution in [3.63, 3.8) is 0 Å². The Hall–Kier alpha value is -2.40. The molecule has 0 unspecified atom stereocenters. The normalized spacial score (nSPS) is 10.7. The molecule has 0 atom stereocenters. The molecular formula is C16H14N2O2S. The number of aryl methyl sites for hydroxylation is 1. The van der Waals surface area contributed by atoms with Crippen LogP contribution >= 0.6 is 11.3 Å². The summed E-state index contributed by atoms with van der Waals surface area (Å²) in [6, 6.07) is 13.3. The predicted octanol–water partition coefficient (Wildman–Crippen LogP) is 3.28. The molecule has 21 heavy (non-hydrogen) atoms. The topological polar surface area (TPSA) is 65.2 Å². The van der Waals surface area contributed by atoms with Crippen LogP contribution in [0, 0.1) is 6.92 Å². The van der Waals surface area contributed by atoms with E-state index in [1.165, 1.54) is 0 Å². The number of fused-ring (bicyclic) bond motifs is 1. The number of aromatic nitrogens is 1. The van der Waals surface area contributed by atoms with Gasteiger partial charge in [-0.1, -0.05) is 24.3 Å². The van der Waals surface area contributed by atoms with Crippen LogP contribution in [0.4, 0.5) is 0 Å². The van der Waals surface area contributed by atoms with E-state index in [0.717, 1.165) is 20.8 Å². The van der Waals surface area contributed by atoms with Gasteiger partial charge in [-0.15, -0.1) is 11.3 Å². The van der Waals surface area contributed by atoms with E-state index in [1.54, 1.807) is 23.5 Å². The molecule has 0 fully saturated rings. The third-order valence-electron chi connectivity index (χ3n) is 3.16. The number of rotatable bonds is 4. The van der Waals surface area contributed by atoms with Crippen molar-refractivity contribution in [2.24, 2.45) is 5.73 Å². The molecule has 5 heteroatoms. The molecule has 1 aromatic heterocycles. The second-order valence-corrected chi connectivity index (χ2v) is 5.80. The molecule has 0 saturated carbocycles. The van der Waals surface area contributed by atoms with Crippen LogP contribution in [0.3, 0.4) is 0 Å². The minimum Gasteiger partial charge on any atom is -0.485 e. The number of amides is 1. The lowest BCUT2D eigenvalue weighted by molar-refractivity contribution is 0.0995. The van der Waals surface area contributed by atoms with Gasteiger partial charge < -0.3 is 10.5 Å². The quantitative estimate of drug-likeness (QED) is 0.804. The number of nitrogens with zero attached hydrogens (tertiary/aromatic N) is 1. The highest BCUT2D eigenvalue weighted by Gasteiger charge is 2.13. The monoisotopic (exact) mass is 298 g/mol. The van der Waals surface area contributed by atoms with Gasteiger partial charge in [-0.2, -0.15) is 0 Å². The maximum atomic E-state index is 11.5. The van der Waals surface area contributed by atoms with Crippen molar-refractivity contribution in [2.45, 2.75) is 13.5 Å². The molecule has 2 N–H and O–H groups in total. The number of thiazole rings is 1.